The van der Waals surface area contributed by atoms with Gasteiger partial charge in [0.05, 0.1) is 12.2 Å². The van der Waals surface area contributed by atoms with Gasteiger partial charge in [0.2, 0.25) is 0 Å². The smallest absolute Gasteiger partial charge is 0.283 e. The van der Waals surface area contributed by atoms with Gasteiger partial charge in [-0.05, 0) is 29.8 Å². The van der Waals surface area contributed by atoms with Crippen molar-refractivity contribution in [3.8, 4) is 11.3 Å². The van der Waals surface area contributed by atoms with E-state index >= 15 is 0 Å². The van der Waals surface area contributed by atoms with Crippen LogP contribution in [0.5, 0.6) is 0 Å². The second-order valence-electron chi connectivity index (χ2n) is 5.04. The molecule has 3 N–H and O–H groups in total. The Morgan fingerprint density at radius 1 is 1.17 bits per heavy atom. The van der Waals surface area contributed by atoms with Crippen molar-refractivity contribution < 1.29 is 4.79 Å². The number of pyridine rings is 1. The van der Waals surface area contributed by atoms with Gasteiger partial charge >= 0.3 is 0 Å². The predicted octanol–water partition coefficient (Wildman–Crippen LogP) is 2.90. The van der Waals surface area contributed by atoms with E-state index in [1.165, 1.54) is 0 Å². The van der Waals surface area contributed by atoms with Gasteiger partial charge in [-0.2, -0.15) is 5.10 Å². The number of hydrogen-bond acceptors (Lipinski definition) is 4. The minimum absolute atomic E-state index is 0.345. The second-order valence-corrected chi connectivity index (χ2v) is 5.87. The lowest BCUT2D eigenvalue weighted by molar-refractivity contribution is 0.0943. The Morgan fingerprint density at radius 3 is 2.54 bits per heavy atom. The van der Waals surface area contributed by atoms with Crippen molar-refractivity contribution in [1.29, 1.82) is 0 Å². The van der Waals surface area contributed by atoms with E-state index in [1.54, 1.807) is 35.1 Å². The first kappa shape index (κ1) is 16.4. The molecule has 0 spiro atoms. The maximum Gasteiger partial charge on any atom is 0.283 e. The van der Waals surface area contributed by atoms with Crippen molar-refractivity contribution in [2.24, 2.45) is 5.84 Å². The average molecular weight is 362 g/mol. The molecule has 3 aromatic rings. The molecule has 2 heterocycles. The summed E-state index contributed by atoms with van der Waals surface area (Å²) in [6.45, 7) is 0.362. The molecule has 0 aliphatic carbocycles. The highest BCUT2D eigenvalue weighted by atomic mass is 35.5. The van der Waals surface area contributed by atoms with E-state index in [9.17, 15) is 4.79 Å². The number of aromatic nitrogens is 3. The molecule has 0 saturated heterocycles. The number of amides is 1. The van der Waals surface area contributed by atoms with Gasteiger partial charge in [0.15, 0.2) is 0 Å². The number of nitrogens with zero attached hydrogens (tertiary/aromatic N) is 3. The third kappa shape index (κ3) is 3.56. The number of benzene rings is 1. The zero-order valence-electron chi connectivity index (χ0n) is 12.4. The van der Waals surface area contributed by atoms with Crippen LogP contribution in [0.15, 0.2) is 48.7 Å². The van der Waals surface area contributed by atoms with E-state index in [0.29, 0.717) is 28.1 Å². The summed E-state index contributed by atoms with van der Waals surface area (Å²) >= 11 is 11.7. The second kappa shape index (κ2) is 7.00. The Labute approximate surface area is 148 Å². The van der Waals surface area contributed by atoms with Gasteiger partial charge in [0.1, 0.15) is 10.8 Å². The molecule has 24 heavy (non-hydrogen) atoms. The summed E-state index contributed by atoms with van der Waals surface area (Å²) in [5.41, 5.74) is 4.83. The Hall–Kier alpha value is -2.41. The van der Waals surface area contributed by atoms with E-state index in [4.69, 9.17) is 29.0 Å². The monoisotopic (exact) mass is 361 g/mol. The number of hydrogen-bond donors (Lipinski definition) is 2. The fraction of sp³-hybridized carbons (Fsp3) is 0.0625. The van der Waals surface area contributed by atoms with Gasteiger partial charge in [0.25, 0.3) is 5.91 Å². The van der Waals surface area contributed by atoms with Crippen molar-refractivity contribution >= 4 is 29.1 Å². The van der Waals surface area contributed by atoms with Crippen molar-refractivity contribution in [3.63, 3.8) is 0 Å². The van der Waals surface area contributed by atoms with Crippen LogP contribution in [-0.2, 0) is 6.54 Å². The minimum Gasteiger partial charge on any atom is -0.289 e. The zero-order valence-corrected chi connectivity index (χ0v) is 13.9. The van der Waals surface area contributed by atoms with E-state index < -0.39 is 5.91 Å². The highest BCUT2D eigenvalue weighted by Gasteiger charge is 2.16. The predicted molar refractivity (Wildman–Crippen MR) is 92.7 cm³/mol. The molecule has 0 aliphatic rings. The molecule has 122 valence electrons. The van der Waals surface area contributed by atoms with Crippen molar-refractivity contribution in [1.82, 2.24) is 20.2 Å². The van der Waals surface area contributed by atoms with Crippen molar-refractivity contribution in [3.05, 3.63) is 70.1 Å². The van der Waals surface area contributed by atoms with Crippen LogP contribution in [0.4, 0.5) is 0 Å². The first-order valence-corrected chi connectivity index (χ1v) is 7.77. The summed E-state index contributed by atoms with van der Waals surface area (Å²) in [5, 5.41) is 5.53. The molecule has 6 nitrogen and oxygen atoms in total. The van der Waals surface area contributed by atoms with Gasteiger partial charge < -0.3 is 0 Å². The lowest BCUT2D eigenvalue weighted by Crippen LogP contribution is -2.32. The fourth-order valence-corrected chi connectivity index (χ4v) is 2.47. The Kier molecular flexibility index (Phi) is 4.80. The number of hydrazine groups is 1. The van der Waals surface area contributed by atoms with Crippen LogP contribution in [0.3, 0.4) is 0 Å². The van der Waals surface area contributed by atoms with Crippen LogP contribution in [0.2, 0.25) is 10.2 Å². The maximum absolute atomic E-state index is 12.0. The zero-order chi connectivity index (χ0) is 17.1. The largest absolute Gasteiger partial charge is 0.289 e. The summed E-state index contributed by atoms with van der Waals surface area (Å²) in [7, 11) is 0. The molecule has 1 aromatic carbocycles. The quantitative estimate of drug-likeness (QED) is 0.323. The molecule has 0 atom stereocenters. The van der Waals surface area contributed by atoms with Gasteiger partial charge in [-0.1, -0.05) is 41.4 Å². The number of halogens is 2. The van der Waals surface area contributed by atoms with Gasteiger partial charge in [-0.15, -0.1) is 0 Å². The SMILES string of the molecule is NNC(=O)c1cc(-c2ccc(Cl)cc2)nn1Cc1ccc(Cl)nc1. The highest BCUT2D eigenvalue weighted by molar-refractivity contribution is 6.30. The first-order chi connectivity index (χ1) is 11.6. The number of nitrogen functional groups attached to an aromatic ring is 1. The first-order valence-electron chi connectivity index (χ1n) is 7.02. The molecular weight excluding hydrogens is 349 g/mol. The fourth-order valence-electron chi connectivity index (χ4n) is 2.23. The standard InChI is InChI=1S/C16H13Cl2N5O/c17-12-4-2-11(3-5-12)13-7-14(16(24)21-19)23(22-13)9-10-1-6-15(18)20-8-10/h1-8H,9,19H2,(H,21,24). The van der Waals surface area contributed by atoms with Gasteiger partial charge in [-0.3, -0.25) is 14.9 Å². The molecule has 0 fully saturated rings. The van der Waals surface area contributed by atoms with Crippen LogP contribution in [0.1, 0.15) is 16.1 Å². The van der Waals surface area contributed by atoms with E-state index in [-0.39, 0.29) is 0 Å². The Morgan fingerprint density at radius 2 is 1.92 bits per heavy atom. The van der Waals surface area contributed by atoms with Gasteiger partial charge in [0, 0.05) is 16.8 Å². The van der Waals surface area contributed by atoms with E-state index in [0.717, 1.165) is 11.1 Å². The number of nitrogens with one attached hydrogen (secondary N) is 1. The summed E-state index contributed by atoms with van der Waals surface area (Å²) < 4.78 is 1.57. The lowest BCUT2D eigenvalue weighted by Gasteiger charge is -2.06. The Balaban J connectivity index is 1.98. The molecular formula is C16H13Cl2N5O. The summed E-state index contributed by atoms with van der Waals surface area (Å²) in [6.07, 6.45) is 1.64. The topological polar surface area (TPSA) is 85.8 Å². The molecule has 3 rings (SSSR count). The molecule has 0 saturated carbocycles. The number of nitrogens with two attached hydrogens (primary N) is 1. The van der Waals surface area contributed by atoms with Crippen molar-refractivity contribution in [2.45, 2.75) is 6.54 Å². The van der Waals surface area contributed by atoms with Crippen LogP contribution in [0, 0.1) is 0 Å². The normalized spacial score (nSPS) is 10.6. The van der Waals surface area contributed by atoms with E-state index in [1.807, 2.05) is 18.2 Å². The molecule has 0 aliphatic heterocycles. The van der Waals surface area contributed by atoms with E-state index in [2.05, 4.69) is 15.5 Å². The highest BCUT2D eigenvalue weighted by Crippen LogP contribution is 2.22. The molecule has 0 unspecified atom stereocenters. The molecule has 2 aromatic heterocycles. The average Bonchev–Trinajstić information content (AvgIpc) is 3.00. The number of carbonyl (C=O) groups excluding carboxylic acids is 1. The molecule has 0 bridgehead atoms. The molecule has 1 amide bonds. The Bertz CT molecular complexity index is 859. The number of rotatable bonds is 4. The summed E-state index contributed by atoms with van der Waals surface area (Å²) in [4.78, 5) is 16.1. The summed E-state index contributed by atoms with van der Waals surface area (Å²) in [5.74, 6) is 4.84. The number of carbonyl (C=O) groups is 1. The van der Waals surface area contributed by atoms with Crippen LogP contribution < -0.4 is 11.3 Å². The van der Waals surface area contributed by atoms with Crippen molar-refractivity contribution in [2.75, 3.05) is 0 Å². The lowest BCUT2D eigenvalue weighted by atomic mass is 10.1. The minimum atomic E-state index is -0.426. The van der Waals surface area contributed by atoms with Crippen LogP contribution in [0.25, 0.3) is 11.3 Å². The van der Waals surface area contributed by atoms with Crippen LogP contribution in [-0.4, -0.2) is 20.7 Å². The van der Waals surface area contributed by atoms with Gasteiger partial charge in [-0.25, -0.2) is 10.8 Å². The maximum atomic E-state index is 12.0. The van der Waals surface area contributed by atoms with Crippen LogP contribution >= 0.6 is 23.2 Å². The third-order valence-electron chi connectivity index (χ3n) is 3.40. The molecule has 8 heteroatoms. The molecule has 0 radical (unpaired) electrons. The third-order valence-corrected chi connectivity index (χ3v) is 3.88. The summed E-state index contributed by atoms with van der Waals surface area (Å²) in [6, 6.07) is 12.4.